The molecule has 0 saturated carbocycles. The summed E-state index contributed by atoms with van der Waals surface area (Å²) in [4.78, 5) is 8.66. The molecule has 2 heterocycles. The van der Waals surface area contributed by atoms with E-state index in [4.69, 9.17) is 4.55 Å². The van der Waals surface area contributed by atoms with Gasteiger partial charge in [0.05, 0.1) is 28.8 Å². The van der Waals surface area contributed by atoms with Gasteiger partial charge >= 0.3 is 0 Å². The summed E-state index contributed by atoms with van der Waals surface area (Å²) in [6, 6.07) is 6.36. The second-order valence-electron chi connectivity index (χ2n) is 6.73. The zero-order valence-electron chi connectivity index (χ0n) is 16.5. The van der Waals surface area contributed by atoms with Crippen LogP contribution in [0.4, 0.5) is 5.69 Å². The number of aryl methyl sites for hydroxylation is 2. The summed E-state index contributed by atoms with van der Waals surface area (Å²) in [5.41, 5.74) is 2.48. The first-order valence-corrected chi connectivity index (χ1v) is 12.8. The number of sulfonamides is 1. The molecular formula is C18H23N5O4S3. The molecule has 0 bridgehead atoms. The second kappa shape index (κ2) is 9.79. The van der Waals surface area contributed by atoms with Gasteiger partial charge in [0.15, 0.2) is 0 Å². The highest BCUT2D eigenvalue weighted by atomic mass is 32.2. The minimum absolute atomic E-state index is 0.222. The van der Waals surface area contributed by atoms with Crippen LogP contribution in [0.25, 0.3) is 0 Å². The quantitative estimate of drug-likeness (QED) is 0.392. The summed E-state index contributed by atoms with van der Waals surface area (Å²) in [6.45, 7) is 2.00. The summed E-state index contributed by atoms with van der Waals surface area (Å²) in [7, 11) is -1.87. The topological polar surface area (TPSA) is 126 Å². The molecular weight excluding hydrogens is 446 g/mol. The fourth-order valence-electron chi connectivity index (χ4n) is 2.89. The first-order chi connectivity index (χ1) is 14.2. The number of nitrogens with one attached hydrogen (secondary N) is 2. The Morgan fingerprint density at radius 3 is 2.60 bits per heavy atom. The number of nitrogens with zero attached hydrogens (tertiary/aromatic N) is 3. The van der Waals surface area contributed by atoms with Crippen LogP contribution in [-0.4, -0.2) is 31.7 Å². The summed E-state index contributed by atoms with van der Waals surface area (Å²) in [6.07, 6.45) is 4.39. The zero-order valence-corrected chi connectivity index (χ0v) is 18.9. The summed E-state index contributed by atoms with van der Waals surface area (Å²) < 4.78 is 52.2. The lowest BCUT2D eigenvalue weighted by Gasteiger charge is -2.17. The Morgan fingerprint density at radius 1 is 1.30 bits per heavy atom. The van der Waals surface area contributed by atoms with Crippen LogP contribution in [-0.2, 0) is 46.9 Å². The van der Waals surface area contributed by atoms with Gasteiger partial charge in [0.2, 0.25) is 10.0 Å². The smallest absolute Gasteiger partial charge is 0.259 e. The molecule has 1 unspecified atom stereocenters. The third-order valence-corrected chi connectivity index (χ3v) is 6.99. The highest BCUT2D eigenvalue weighted by Gasteiger charge is 2.23. The molecule has 0 spiro atoms. The number of anilines is 1. The van der Waals surface area contributed by atoms with Gasteiger partial charge in [-0.1, -0.05) is 19.1 Å². The van der Waals surface area contributed by atoms with E-state index in [1.807, 2.05) is 12.3 Å². The van der Waals surface area contributed by atoms with Gasteiger partial charge < -0.3 is 4.57 Å². The molecule has 0 aliphatic heterocycles. The molecule has 3 aromatic rings. The Balaban J connectivity index is 1.80. The van der Waals surface area contributed by atoms with Crippen LogP contribution in [0.1, 0.15) is 34.9 Å². The molecule has 3 N–H and O–H groups in total. The van der Waals surface area contributed by atoms with Crippen LogP contribution in [0, 0.1) is 0 Å². The molecule has 9 nitrogen and oxygen atoms in total. The van der Waals surface area contributed by atoms with Gasteiger partial charge in [0, 0.05) is 24.3 Å². The molecule has 0 amide bonds. The Hall–Kier alpha value is -2.12. The third kappa shape index (κ3) is 6.44. The number of benzene rings is 1. The van der Waals surface area contributed by atoms with Gasteiger partial charge in [-0.2, -0.15) is 0 Å². The van der Waals surface area contributed by atoms with Crippen LogP contribution in [0.2, 0.25) is 0 Å². The number of hydrogen-bond donors (Lipinski definition) is 3. The lowest BCUT2D eigenvalue weighted by Crippen LogP contribution is -2.31. The van der Waals surface area contributed by atoms with Crippen molar-refractivity contribution in [2.45, 2.75) is 31.6 Å². The lowest BCUT2D eigenvalue weighted by molar-refractivity contribution is 0.549. The minimum atomic E-state index is -3.66. The lowest BCUT2D eigenvalue weighted by atomic mass is 10.0. The van der Waals surface area contributed by atoms with Crippen molar-refractivity contribution in [3.05, 3.63) is 64.1 Å². The maximum atomic E-state index is 12.8. The Kier molecular flexibility index (Phi) is 7.36. The molecule has 12 heteroatoms. The van der Waals surface area contributed by atoms with Crippen molar-refractivity contribution in [3.63, 3.8) is 0 Å². The number of imidazole rings is 1. The average molecular weight is 470 g/mol. The van der Waals surface area contributed by atoms with E-state index in [9.17, 15) is 12.6 Å². The van der Waals surface area contributed by atoms with E-state index in [-0.39, 0.29) is 5.75 Å². The summed E-state index contributed by atoms with van der Waals surface area (Å²) >= 11 is -0.653. The maximum absolute atomic E-state index is 12.8. The van der Waals surface area contributed by atoms with Crippen molar-refractivity contribution in [2.24, 2.45) is 7.05 Å². The van der Waals surface area contributed by atoms with E-state index in [0.717, 1.165) is 17.0 Å². The second-order valence-corrected chi connectivity index (χ2v) is 10.1. The van der Waals surface area contributed by atoms with Crippen LogP contribution in [0.5, 0.6) is 0 Å². The average Bonchev–Trinajstić information content (AvgIpc) is 3.30. The maximum Gasteiger partial charge on any atom is 0.259 e. The first-order valence-electron chi connectivity index (χ1n) is 9.11. The molecule has 0 fully saturated rings. The fraction of sp³-hybridized carbons (Fsp3) is 0.333. The number of rotatable bonds is 10. The summed E-state index contributed by atoms with van der Waals surface area (Å²) in [5.74, 6) is -0.222. The van der Waals surface area contributed by atoms with Gasteiger partial charge in [-0.15, -0.1) is 11.3 Å². The van der Waals surface area contributed by atoms with Crippen molar-refractivity contribution in [2.75, 3.05) is 4.72 Å². The Bertz CT molecular complexity index is 1110. The van der Waals surface area contributed by atoms with Crippen LogP contribution in [0.15, 0.2) is 42.2 Å². The minimum Gasteiger partial charge on any atom is -0.340 e. The zero-order chi connectivity index (χ0) is 21.7. The molecule has 2 atom stereocenters. The van der Waals surface area contributed by atoms with Crippen molar-refractivity contribution < 1.29 is 17.2 Å². The van der Waals surface area contributed by atoms with Crippen LogP contribution >= 0.6 is 11.3 Å². The van der Waals surface area contributed by atoms with Gasteiger partial charge in [-0.25, -0.2) is 27.3 Å². The SMILES string of the molecule is CCc1nc([C@H](Cc2ccc(NS(=O)O)cc2)NS(=O)(=O)Cc2cn(C)cn2)cs1. The molecule has 0 aliphatic carbocycles. The number of aromatic nitrogens is 3. The fourth-order valence-corrected chi connectivity index (χ4v) is 5.29. The molecule has 0 radical (unpaired) electrons. The van der Waals surface area contributed by atoms with Gasteiger partial charge in [0.1, 0.15) is 5.75 Å². The molecule has 3 rings (SSSR count). The van der Waals surface area contributed by atoms with E-state index in [1.54, 1.807) is 48.4 Å². The molecule has 0 saturated heterocycles. The largest absolute Gasteiger partial charge is 0.340 e. The van der Waals surface area contributed by atoms with Gasteiger partial charge in [0.25, 0.3) is 11.3 Å². The normalized spacial score (nSPS) is 13.8. The van der Waals surface area contributed by atoms with Gasteiger partial charge in [-0.3, -0.25) is 9.27 Å². The van der Waals surface area contributed by atoms with E-state index >= 15 is 0 Å². The molecule has 1 aromatic carbocycles. The highest BCUT2D eigenvalue weighted by molar-refractivity contribution is 7.88. The predicted octanol–water partition coefficient (Wildman–Crippen LogP) is 2.39. The van der Waals surface area contributed by atoms with Crippen LogP contribution in [0.3, 0.4) is 0 Å². The highest BCUT2D eigenvalue weighted by Crippen LogP contribution is 2.23. The Morgan fingerprint density at radius 2 is 2.03 bits per heavy atom. The van der Waals surface area contributed by atoms with Crippen molar-refractivity contribution in [3.8, 4) is 0 Å². The van der Waals surface area contributed by atoms with E-state index in [0.29, 0.717) is 23.5 Å². The first kappa shape index (κ1) is 22.6. The number of thiazole rings is 1. The van der Waals surface area contributed by atoms with E-state index in [2.05, 4.69) is 19.4 Å². The van der Waals surface area contributed by atoms with Crippen molar-refractivity contribution in [1.82, 2.24) is 19.3 Å². The van der Waals surface area contributed by atoms with Crippen molar-refractivity contribution in [1.29, 1.82) is 0 Å². The molecule has 0 aliphatic rings. The third-order valence-electron chi connectivity index (χ3n) is 4.25. The standard InChI is InChI=1S/C18H23N5O4S3/c1-3-18-20-17(10-28-18)16(8-13-4-6-14(7-5-13)21-29(24)25)22-30(26,27)11-15-9-23(2)12-19-15/h4-7,9-10,12,16,21-22H,3,8,11H2,1-2H3,(H,24,25)/t16-/m0/s1. The summed E-state index contributed by atoms with van der Waals surface area (Å²) in [5, 5.41) is 2.81. The van der Waals surface area contributed by atoms with E-state index in [1.165, 1.54) is 11.3 Å². The molecule has 30 heavy (non-hydrogen) atoms. The number of hydrogen-bond acceptors (Lipinski definition) is 6. The molecule has 162 valence electrons. The van der Waals surface area contributed by atoms with Crippen LogP contribution < -0.4 is 9.44 Å². The monoisotopic (exact) mass is 469 g/mol. The van der Waals surface area contributed by atoms with Gasteiger partial charge in [-0.05, 0) is 30.5 Å². The predicted molar refractivity (Wildman–Crippen MR) is 118 cm³/mol. The molecule has 2 aromatic heterocycles. The van der Waals surface area contributed by atoms with E-state index < -0.39 is 27.3 Å². The Labute approximate surface area is 182 Å². The van der Waals surface area contributed by atoms with Crippen molar-refractivity contribution >= 4 is 38.3 Å².